The topological polar surface area (TPSA) is 201 Å². The van der Waals surface area contributed by atoms with Crippen molar-refractivity contribution in [2.75, 3.05) is 6.54 Å². The second kappa shape index (κ2) is 31.6. The zero-order chi connectivity index (χ0) is 18.6. The zero-order valence-electron chi connectivity index (χ0n) is 13.2. The van der Waals surface area contributed by atoms with Crippen LogP contribution in [0.2, 0.25) is 0 Å². The molecule has 0 radical (unpaired) electrons. The molecule has 0 saturated heterocycles. The number of carbonyl (C=O) groups is 4. The van der Waals surface area contributed by atoms with E-state index in [1.807, 2.05) is 6.92 Å². The van der Waals surface area contributed by atoms with Crippen molar-refractivity contribution in [2.24, 2.45) is 11.5 Å². The number of rotatable bonds is 1. The number of hydrogen-bond acceptors (Lipinski definition) is 6. The van der Waals surface area contributed by atoms with Crippen molar-refractivity contribution in [1.82, 2.24) is 0 Å². The zero-order valence-corrected chi connectivity index (χ0v) is 14.3. The van der Waals surface area contributed by atoms with Gasteiger partial charge in [0.05, 0.1) is 0 Å². The van der Waals surface area contributed by atoms with Gasteiger partial charge in [-0.25, -0.2) is 0 Å². The van der Waals surface area contributed by atoms with Crippen LogP contribution in [0.25, 0.3) is 0 Å². The number of aliphatic carboxylic acids is 4. The minimum absolute atomic E-state index is 0. The summed E-state index contributed by atoms with van der Waals surface area (Å²) in [6.07, 6.45) is 0. The third-order valence-corrected chi connectivity index (χ3v) is 0.372. The van der Waals surface area contributed by atoms with E-state index in [9.17, 15) is 0 Å². The second-order valence-corrected chi connectivity index (χ2v) is 3.29. The summed E-state index contributed by atoms with van der Waals surface area (Å²) in [7, 11) is 0. The predicted octanol–water partition coefficient (Wildman–Crippen LogP) is -0.347. The van der Waals surface area contributed by atoms with E-state index in [4.69, 9.17) is 51.1 Å². The van der Waals surface area contributed by atoms with E-state index in [-0.39, 0.29) is 23.1 Å². The molecule has 0 amide bonds. The van der Waals surface area contributed by atoms with Crippen molar-refractivity contribution < 1.29 is 56.7 Å². The van der Waals surface area contributed by atoms with E-state index in [1.54, 1.807) is 0 Å². The van der Waals surface area contributed by atoms with Crippen molar-refractivity contribution in [3.05, 3.63) is 0 Å². The van der Waals surface area contributed by atoms with E-state index < -0.39 is 23.9 Å². The molecule has 1 atom stereocenters. The summed E-state index contributed by atoms with van der Waals surface area (Å²) in [4.78, 5) is 36.0. The Morgan fingerprint density at radius 2 is 0.818 bits per heavy atom. The van der Waals surface area contributed by atoms with Gasteiger partial charge in [0, 0.05) is 57.4 Å². The molecule has 0 aliphatic carbocycles. The molecule has 1 unspecified atom stereocenters. The molecule has 0 heterocycles. The number of hydrogen-bond donors (Lipinski definition) is 6. The molecule has 0 aromatic rings. The quantitative estimate of drug-likeness (QED) is 0.331. The van der Waals surface area contributed by atoms with Crippen LogP contribution in [-0.2, 0) is 36.2 Å². The SMILES string of the molecule is CC(=O)O.CC(=O)O.CC(=O)O.CC(=O)O.CC(N)CN.[Fe]. The van der Waals surface area contributed by atoms with Crippen LogP contribution >= 0.6 is 0 Å². The molecule has 22 heavy (non-hydrogen) atoms. The maximum Gasteiger partial charge on any atom is 0.300 e. The Morgan fingerprint density at radius 1 is 0.773 bits per heavy atom. The molecule has 0 aliphatic heterocycles. The molecule has 0 spiro atoms. The number of carboxylic acids is 4. The van der Waals surface area contributed by atoms with Gasteiger partial charge in [0.15, 0.2) is 0 Å². The summed E-state index contributed by atoms with van der Waals surface area (Å²) in [5, 5.41) is 29.7. The van der Waals surface area contributed by atoms with E-state index in [2.05, 4.69) is 0 Å². The number of nitrogens with two attached hydrogens (primary N) is 2. The normalized spacial score (nSPS) is 7.95. The molecule has 0 aromatic carbocycles. The van der Waals surface area contributed by atoms with Gasteiger partial charge in [0.25, 0.3) is 23.9 Å². The molecule has 0 bridgehead atoms. The van der Waals surface area contributed by atoms with Crippen molar-refractivity contribution in [3.8, 4) is 0 Å². The van der Waals surface area contributed by atoms with E-state index in [0.29, 0.717) is 6.54 Å². The third kappa shape index (κ3) is 53800. The van der Waals surface area contributed by atoms with Gasteiger partial charge in [0.1, 0.15) is 0 Å². The molecular weight excluding hydrogens is 344 g/mol. The van der Waals surface area contributed by atoms with Gasteiger partial charge in [-0.05, 0) is 6.92 Å². The monoisotopic (exact) mass is 370 g/mol. The van der Waals surface area contributed by atoms with E-state index >= 15 is 0 Å². The summed E-state index contributed by atoms with van der Waals surface area (Å²) in [5.74, 6) is -3.33. The van der Waals surface area contributed by atoms with Gasteiger partial charge >= 0.3 is 0 Å². The maximum atomic E-state index is 9.00. The first kappa shape index (κ1) is 37.0. The fraction of sp³-hybridized carbons (Fsp3) is 0.636. The second-order valence-electron chi connectivity index (χ2n) is 3.29. The van der Waals surface area contributed by atoms with Crippen LogP contribution in [0.5, 0.6) is 0 Å². The molecule has 0 aromatic heterocycles. The summed E-state index contributed by atoms with van der Waals surface area (Å²) in [6.45, 7) is 6.79. The first-order valence-corrected chi connectivity index (χ1v) is 5.44. The summed E-state index contributed by atoms with van der Waals surface area (Å²) in [5.41, 5.74) is 10.2. The van der Waals surface area contributed by atoms with Crippen LogP contribution in [0.4, 0.5) is 0 Å². The fourth-order valence-corrected chi connectivity index (χ4v) is 0. The smallest absolute Gasteiger partial charge is 0.300 e. The molecule has 0 aliphatic rings. The Hall–Kier alpha value is -1.68. The predicted molar refractivity (Wildman–Crippen MR) is 75.9 cm³/mol. The van der Waals surface area contributed by atoms with Gasteiger partial charge in [-0.2, -0.15) is 0 Å². The standard InChI is InChI=1S/C3H10N2.4C2H4O2.Fe/c1-3(5)2-4;4*1-2(3)4;/h3H,2,4-5H2,1H3;4*1H3,(H,3,4);. The van der Waals surface area contributed by atoms with Crippen molar-refractivity contribution in [2.45, 2.75) is 40.7 Å². The molecule has 11 heteroatoms. The van der Waals surface area contributed by atoms with Gasteiger partial charge < -0.3 is 31.9 Å². The van der Waals surface area contributed by atoms with Gasteiger partial charge in [-0.1, -0.05) is 0 Å². The largest absolute Gasteiger partial charge is 0.481 e. The molecule has 0 saturated carbocycles. The minimum Gasteiger partial charge on any atom is -0.481 e. The minimum atomic E-state index is -0.833. The first-order valence-electron chi connectivity index (χ1n) is 5.44. The van der Waals surface area contributed by atoms with Crippen molar-refractivity contribution >= 4 is 23.9 Å². The van der Waals surface area contributed by atoms with E-state index in [1.165, 1.54) is 0 Å². The Bertz CT molecular complexity index is 221. The average molecular weight is 370 g/mol. The van der Waals surface area contributed by atoms with Gasteiger partial charge in [-0.15, -0.1) is 0 Å². The van der Waals surface area contributed by atoms with Crippen LogP contribution in [-0.4, -0.2) is 56.9 Å². The Kier molecular flexibility index (Phi) is 53.2. The summed E-state index contributed by atoms with van der Waals surface area (Å²) < 4.78 is 0. The Balaban J connectivity index is -0.0000000361. The molecule has 8 N–H and O–H groups in total. The van der Waals surface area contributed by atoms with Crippen LogP contribution in [0.1, 0.15) is 34.6 Å². The van der Waals surface area contributed by atoms with Crippen LogP contribution in [0, 0.1) is 0 Å². The summed E-state index contributed by atoms with van der Waals surface area (Å²) in [6, 6.07) is 0.162. The Morgan fingerprint density at radius 3 is 0.818 bits per heavy atom. The van der Waals surface area contributed by atoms with Crippen LogP contribution in [0.15, 0.2) is 0 Å². The van der Waals surface area contributed by atoms with Crippen LogP contribution in [0.3, 0.4) is 0 Å². The molecular formula is C11H26FeN2O8. The number of carboxylic acid groups (broad SMARTS) is 4. The maximum absolute atomic E-state index is 9.00. The van der Waals surface area contributed by atoms with Crippen molar-refractivity contribution in [1.29, 1.82) is 0 Å². The fourth-order valence-electron chi connectivity index (χ4n) is 0. The molecule has 10 nitrogen and oxygen atoms in total. The first-order chi connectivity index (χ1) is 9.20. The molecule has 0 rings (SSSR count). The van der Waals surface area contributed by atoms with Crippen LogP contribution < -0.4 is 11.5 Å². The Labute approximate surface area is 140 Å². The van der Waals surface area contributed by atoms with Gasteiger partial charge in [-0.3, -0.25) is 19.2 Å². The molecule has 136 valence electrons. The van der Waals surface area contributed by atoms with E-state index in [0.717, 1.165) is 27.7 Å². The summed E-state index contributed by atoms with van der Waals surface area (Å²) >= 11 is 0. The third-order valence-electron chi connectivity index (χ3n) is 0.372. The average Bonchev–Trinajstić information content (AvgIpc) is 2.13. The van der Waals surface area contributed by atoms with Crippen molar-refractivity contribution in [3.63, 3.8) is 0 Å². The van der Waals surface area contributed by atoms with Gasteiger partial charge in [0.2, 0.25) is 0 Å². The molecule has 0 fully saturated rings.